The maximum absolute atomic E-state index is 13.5. The van der Waals surface area contributed by atoms with E-state index in [0.29, 0.717) is 22.9 Å². The molecule has 0 amide bonds. The summed E-state index contributed by atoms with van der Waals surface area (Å²) in [6, 6.07) is 3.26. The standard InChI is InChI=1S/C11H10BrFO2/c1-6(14)15-11-3-2-8-9(11)4-7(12)5-10(8)13/h4-5,11H,2-3H2,1H3/t11-/m1/s1. The van der Waals surface area contributed by atoms with E-state index >= 15 is 0 Å². The summed E-state index contributed by atoms with van der Waals surface area (Å²) in [4.78, 5) is 10.9. The first-order chi connectivity index (χ1) is 7.08. The van der Waals surface area contributed by atoms with Gasteiger partial charge >= 0.3 is 5.97 Å². The fourth-order valence-electron chi connectivity index (χ4n) is 1.93. The Kier molecular flexibility index (Phi) is 2.78. The zero-order valence-corrected chi connectivity index (χ0v) is 9.80. The molecule has 0 N–H and O–H groups in total. The lowest BCUT2D eigenvalue weighted by Gasteiger charge is -2.12. The fraction of sp³-hybridized carbons (Fsp3) is 0.364. The van der Waals surface area contributed by atoms with Crippen molar-refractivity contribution in [2.24, 2.45) is 0 Å². The molecule has 0 fully saturated rings. The maximum Gasteiger partial charge on any atom is 0.303 e. The van der Waals surface area contributed by atoms with Gasteiger partial charge in [-0.1, -0.05) is 15.9 Å². The van der Waals surface area contributed by atoms with Crippen LogP contribution in [0.5, 0.6) is 0 Å². The molecular weight excluding hydrogens is 263 g/mol. The molecule has 4 heteroatoms. The van der Waals surface area contributed by atoms with E-state index in [1.165, 1.54) is 13.0 Å². The number of esters is 1. The molecule has 0 saturated carbocycles. The minimum atomic E-state index is -0.326. The molecule has 80 valence electrons. The van der Waals surface area contributed by atoms with Crippen LogP contribution in [0.2, 0.25) is 0 Å². The topological polar surface area (TPSA) is 26.3 Å². The molecule has 0 unspecified atom stereocenters. The summed E-state index contributed by atoms with van der Waals surface area (Å²) >= 11 is 3.23. The molecule has 0 aliphatic heterocycles. The summed E-state index contributed by atoms with van der Waals surface area (Å²) in [6.07, 6.45) is 1.01. The average Bonchev–Trinajstić information content (AvgIpc) is 2.48. The monoisotopic (exact) mass is 272 g/mol. The van der Waals surface area contributed by atoms with E-state index in [0.717, 1.165) is 5.56 Å². The average molecular weight is 273 g/mol. The Hall–Kier alpha value is -0.900. The van der Waals surface area contributed by atoms with Gasteiger partial charge in [0.1, 0.15) is 11.9 Å². The summed E-state index contributed by atoms with van der Waals surface area (Å²) < 4.78 is 19.3. The van der Waals surface area contributed by atoms with Crippen molar-refractivity contribution in [1.29, 1.82) is 0 Å². The van der Waals surface area contributed by atoms with Crippen LogP contribution >= 0.6 is 15.9 Å². The van der Waals surface area contributed by atoms with Gasteiger partial charge in [0, 0.05) is 11.4 Å². The quantitative estimate of drug-likeness (QED) is 0.735. The van der Waals surface area contributed by atoms with Crippen molar-refractivity contribution in [3.8, 4) is 0 Å². The number of rotatable bonds is 1. The summed E-state index contributed by atoms with van der Waals surface area (Å²) in [5.74, 6) is -0.553. The molecule has 0 saturated heterocycles. The van der Waals surface area contributed by atoms with Gasteiger partial charge in [0.2, 0.25) is 0 Å². The van der Waals surface area contributed by atoms with Crippen molar-refractivity contribution >= 4 is 21.9 Å². The smallest absolute Gasteiger partial charge is 0.303 e. The predicted octanol–water partition coefficient (Wildman–Crippen LogP) is 3.14. The van der Waals surface area contributed by atoms with E-state index in [-0.39, 0.29) is 17.9 Å². The lowest BCUT2D eigenvalue weighted by molar-refractivity contribution is -0.146. The van der Waals surface area contributed by atoms with Crippen molar-refractivity contribution in [3.05, 3.63) is 33.5 Å². The zero-order valence-electron chi connectivity index (χ0n) is 8.22. The molecule has 1 atom stereocenters. The second kappa shape index (κ2) is 3.93. The third-order valence-corrected chi connectivity index (χ3v) is 2.96. The third kappa shape index (κ3) is 2.04. The highest BCUT2D eigenvalue weighted by molar-refractivity contribution is 9.10. The van der Waals surface area contributed by atoms with Gasteiger partial charge in [0.05, 0.1) is 0 Å². The van der Waals surface area contributed by atoms with E-state index in [1.54, 1.807) is 0 Å². The van der Waals surface area contributed by atoms with Crippen molar-refractivity contribution < 1.29 is 13.9 Å². The molecule has 1 aliphatic rings. The second-order valence-corrected chi connectivity index (χ2v) is 4.51. The molecule has 1 aromatic rings. The molecule has 2 rings (SSSR count). The first-order valence-corrected chi connectivity index (χ1v) is 5.52. The lowest BCUT2D eigenvalue weighted by atomic mass is 10.1. The highest BCUT2D eigenvalue weighted by atomic mass is 79.9. The Morgan fingerprint density at radius 3 is 3.00 bits per heavy atom. The molecule has 1 aromatic carbocycles. The van der Waals surface area contributed by atoms with Gasteiger partial charge in [-0.25, -0.2) is 4.39 Å². The molecule has 0 radical (unpaired) electrons. The number of benzene rings is 1. The number of fused-ring (bicyclic) bond motifs is 1. The van der Waals surface area contributed by atoms with Crippen molar-refractivity contribution in [1.82, 2.24) is 0 Å². The third-order valence-electron chi connectivity index (χ3n) is 2.51. The Morgan fingerprint density at radius 1 is 1.60 bits per heavy atom. The molecule has 0 aromatic heterocycles. The Labute approximate surface area is 95.6 Å². The number of ether oxygens (including phenoxy) is 1. The summed E-state index contributed by atoms with van der Waals surface area (Å²) in [7, 11) is 0. The molecule has 2 nitrogen and oxygen atoms in total. The van der Waals surface area contributed by atoms with Crippen LogP contribution in [-0.4, -0.2) is 5.97 Å². The normalized spacial score (nSPS) is 18.7. The first-order valence-electron chi connectivity index (χ1n) is 4.73. The van der Waals surface area contributed by atoms with Crippen LogP contribution in [0.4, 0.5) is 4.39 Å². The van der Waals surface area contributed by atoms with Gasteiger partial charge < -0.3 is 4.74 Å². The van der Waals surface area contributed by atoms with E-state index in [2.05, 4.69) is 15.9 Å². The summed E-state index contributed by atoms with van der Waals surface area (Å²) in [5.41, 5.74) is 1.46. The Balaban J connectivity index is 2.37. The van der Waals surface area contributed by atoms with Gasteiger partial charge in [-0.3, -0.25) is 4.79 Å². The summed E-state index contributed by atoms with van der Waals surface area (Å²) in [5, 5.41) is 0. The molecule has 0 spiro atoms. The van der Waals surface area contributed by atoms with E-state index in [9.17, 15) is 9.18 Å². The Bertz CT molecular complexity index is 417. The molecular formula is C11H10BrFO2. The fourth-order valence-corrected chi connectivity index (χ4v) is 2.38. The van der Waals surface area contributed by atoms with Crippen LogP contribution in [0.25, 0.3) is 0 Å². The molecule has 0 bridgehead atoms. The van der Waals surface area contributed by atoms with Crippen LogP contribution < -0.4 is 0 Å². The number of carbonyl (C=O) groups is 1. The van der Waals surface area contributed by atoms with Gasteiger partial charge in [0.25, 0.3) is 0 Å². The van der Waals surface area contributed by atoms with Crippen molar-refractivity contribution in [2.75, 3.05) is 0 Å². The highest BCUT2D eigenvalue weighted by Gasteiger charge is 2.27. The molecule has 0 heterocycles. The molecule has 1 aliphatic carbocycles. The van der Waals surface area contributed by atoms with Crippen LogP contribution in [0.3, 0.4) is 0 Å². The number of hydrogen-bond donors (Lipinski definition) is 0. The number of carbonyl (C=O) groups excluding carboxylic acids is 1. The SMILES string of the molecule is CC(=O)O[C@@H]1CCc2c(F)cc(Br)cc21. The van der Waals surface area contributed by atoms with Gasteiger partial charge in [-0.2, -0.15) is 0 Å². The highest BCUT2D eigenvalue weighted by Crippen LogP contribution is 2.37. The maximum atomic E-state index is 13.5. The zero-order chi connectivity index (χ0) is 11.0. The van der Waals surface area contributed by atoms with Crippen molar-refractivity contribution in [3.63, 3.8) is 0 Å². The van der Waals surface area contributed by atoms with E-state index in [1.807, 2.05) is 6.07 Å². The largest absolute Gasteiger partial charge is 0.458 e. The predicted molar refractivity (Wildman–Crippen MR) is 56.9 cm³/mol. The minimum Gasteiger partial charge on any atom is -0.458 e. The van der Waals surface area contributed by atoms with E-state index < -0.39 is 0 Å². The Morgan fingerprint density at radius 2 is 2.33 bits per heavy atom. The van der Waals surface area contributed by atoms with Gasteiger partial charge in [-0.05, 0) is 36.1 Å². The van der Waals surface area contributed by atoms with E-state index in [4.69, 9.17) is 4.74 Å². The van der Waals surface area contributed by atoms with Crippen LogP contribution in [0.15, 0.2) is 16.6 Å². The second-order valence-electron chi connectivity index (χ2n) is 3.59. The van der Waals surface area contributed by atoms with Crippen molar-refractivity contribution in [2.45, 2.75) is 25.9 Å². The summed E-state index contributed by atoms with van der Waals surface area (Å²) in [6.45, 7) is 1.37. The lowest BCUT2D eigenvalue weighted by Crippen LogP contribution is -2.05. The van der Waals surface area contributed by atoms with Crippen LogP contribution in [-0.2, 0) is 16.0 Å². The number of halogens is 2. The van der Waals surface area contributed by atoms with Crippen LogP contribution in [0, 0.1) is 5.82 Å². The minimum absolute atomic E-state index is 0.228. The molecule has 15 heavy (non-hydrogen) atoms. The first kappa shape index (κ1) is 10.6. The van der Waals surface area contributed by atoms with Crippen LogP contribution in [0.1, 0.15) is 30.6 Å². The van der Waals surface area contributed by atoms with Gasteiger partial charge in [0.15, 0.2) is 0 Å². The number of hydrogen-bond acceptors (Lipinski definition) is 2. The van der Waals surface area contributed by atoms with Gasteiger partial charge in [-0.15, -0.1) is 0 Å².